The van der Waals surface area contributed by atoms with Crippen LogP contribution in [0.2, 0.25) is 0 Å². The van der Waals surface area contributed by atoms with E-state index in [4.69, 9.17) is 5.11 Å². The van der Waals surface area contributed by atoms with E-state index in [1.807, 2.05) is 0 Å². The molecule has 0 atom stereocenters. The Hall–Kier alpha value is -1.74. The standard InChI is InChI=1S/C12H10O3/c1-7-10(6-13)12(15)9-5-3-2-4-8(9)11(7)14/h2-5,13H,6H2,1H3. The molecule has 1 aliphatic rings. The molecule has 0 heterocycles. The Balaban J connectivity index is 2.68. The van der Waals surface area contributed by atoms with Crippen LogP contribution in [0.1, 0.15) is 27.6 Å². The van der Waals surface area contributed by atoms with Crippen molar-refractivity contribution in [2.24, 2.45) is 0 Å². The number of rotatable bonds is 1. The first-order valence-corrected chi connectivity index (χ1v) is 4.66. The van der Waals surface area contributed by atoms with Gasteiger partial charge in [-0.25, -0.2) is 0 Å². The highest BCUT2D eigenvalue weighted by Gasteiger charge is 2.28. The molecule has 1 aliphatic carbocycles. The largest absolute Gasteiger partial charge is 0.392 e. The molecule has 0 unspecified atom stereocenters. The Kier molecular flexibility index (Phi) is 2.25. The summed E-state index contributed by atoms with van der Waals surface area (Å²) >= 11 is 0. The number of Topliss-reactive ketones (excluding diaryl/α,β-unsaturated/α-hetero) is 2. The number of hydrogen-bond acceptors (Lipinski definition) is 3. The molecule has 0 saturated heterocycles. The zero-order valence-electron chi connectivity index (χ0n) is 8.28. The van der Waals surface area contributed by atoms with Crippen LogP contribution in [-0.2, 0) is 0 Å². The van der Waals surface area contributed by atoms with Crippen LogP contribution in [0.15, 0.2) is 35.4 Å². The first-order valence-electron chi connectivity index (χ1n) is 4.66. The van der Waals surface area contributed by atoms with Crippen molar-refractivity contribution in [3.05, 3.63) is 46.5 Å². The molecular formula is C12H10O3. The fourth-order valence-electron chi connectivity index (χ4n) is 1.74. The molecule has 76 valence electrons. The van der Waals surface area contributed by atoms with Crippen LogP contribution in [0, 0.1) is 0 Å². The van der Waals surface area contributed by atoms with Gasteiger partial charge in [-0.1, -0.05) is 24.3 Å². The molecule has 0 amide bonds. The van der Waals surface area contributed by atoms with Crippen LogP contribution in [-0.4, -0.2) is 23.3 Å². The second-order valence-corrected chi connectivity index (χ2v) is 3.47. The number of fused-ring (bicyclic) bond motifs is 1. The maximum Gasteiger partial charge on any atom is 0.192 e. The zero-order chi connectivity index (χ0) is 11.0. The minimum absolute atomic E-state index is 0.172. The number of carbonyl (C=O) groups is 2. The van der Waals surface area contributed by atoms with Gasteiger partial charge < -0.3 is 5.11 Å². The van der Waals surface area contributed by atoms with E-state index < -0.39 is 0 Å². The van der Waals surface area contributed by atoms with E-state index in [1.165, 1.54) is 0 Å². The fourth-order valence-corrected chi connectivity index (χ4v) is 1.74. The second-order valence-electron chi connectivity index (χ2n) is 3.47. The fraction of sp³-hybridized carbons (Fsp3) is 0.167. The van der Waals surface area contributed by atoms with Crippen LogP contribution in [0.4, 0.5) is 0 Å². The third-order valence-corrected chi connectivity index (χ3v) is 2.64. The quantitative estimate of drug-likeness (QED) is 0.748. The maximum atomic E-state index is 11.8. The minimum atomic E-state index is -0.384. The van der Waals surface area contributed by atoms with Crippen molar-refractivity contribution in [2.45, 2.75) is 6.92 Å². The molecule has 2 rings (SSSR count). The average Bonchev–Trinajstić information content (AvgIpc) is 2.27. The summed E-state index contributed by atoms with van der Waals surface area (Å²) in [7, 11) is 0. The van der Waals surface area contributed by atoms with Gasteiger partial charge in [-0.15, -0.1) is 0 Å². The van der Waals surface area contributed by atoms with E-state index in [-0.39, 0.29) is 23.7 Å². The van der Waals surface area contributed by atoms with Crippen molar-refractivity contribution in [3.8, 4) is 0 Å². The number of allylic oxidation sites excluding steroid dienone is 1. The smallest absolute Gasteiger partial charge is 0.192 e. The van der Waals surface area contributed by atoms with E-state index in [1.54, 1.807) is 31.2 Å². The highest BCUT2D eigenvalue weighted by molar-refractivity contribution is 6.26. The summed E-state index contributed by atoms with van der Waals surface area (Å²) < 4.78 is 0. The highest BCUT2D eigenvalue weighted by atomic mass is 16.3. The lowest BCUT2D eigenvalue weighted by atomic mass is 9.85. The summed E-state index contributed by atoms with van der Waals surface area (Å²) in [5, 5.41) is 9.04. The van der Waals surface area contributed by atoms with Crippen molar-refractivity contribution < 1.29 is 14.7 Å². The number of aliphatic hydroxyl groups is 1. The number of ketones is 2. The van der Waals surface area contributed by atoms with Crippen LogP contribution in [0.5, 0.6) is 0 Å². The van der Waals surface area contributed by atoms with Crippen molar-refractivity contribution in [1.82, 2.24) is 0 Å². The van der Waals surface area contributed by atoms with Crippen LogP contribution in [0.3, 0.4) is 0 Å². The van der Waals surface area contributed by atoms with E-state index in [2.05, 4.69) is 0 Å². The lowest BCUT2D eigenvalue weighted by molar-refractivity contribution is 0.0963. The summed E-state index contributed by atoms with van der Waals surface area (Å²) in [5.41, 5.74) is 1.37. The predicted octanol–water partition coefficient (Wildman–Crippen LogP) is 1.37. The van der Waals surface area contributed by atoms with Gasteiger partial charge in [-0.2, -0.15) is 0 Å². The van der Waals surface area contributed by atoms with Gasteiger partial charge in [0.1, 0.15) is 0 Å². The molecule has 3 nitrogen and oxygen atoms in total. The van der Waals surface area contributed by atoms with Crippen molar-refractivity contribution >= 4 is 11.6 Å². The van der Waals surface area contributed by atoms with Gasteiger partial charge in [0.25, 0.3) is 0 Å². The van der Waals surface area contributed by atoms with Crippen molar-refractivity contribution in [1.29, 1.82) is 0 Å². The van der Waals surface area contributed by atoms with E-state index in [0.717, 1.165) is 0 Å². The molecule has 1 aromatic carbocycles. The molecule has 0 aromatic heterocycles. The maximum absolute atomic E-state index is 11.8. The van der Waals surface area contributed by atoms with E-state index in [9.17, 15) is 9.59 Å². The second kappa shape index (κ2) is 3.44. The van der Waals surface area contributed by atoms with Gasteiger partial charge in [0.15, 0.2) is 11.6 Å². The van der Waals surface area contributed by atoms with E-state index in [0.29, 0.717) is 16.7 Å². The molecule has 0 aliphatic heterocycles. The molecule has 1 N–H and O–H groups in total. The molecule has 0 fully saturated rings. The lowest BCUT2D eigenvalue weighted by Gasteiger charge is -2.17. The third-order valence-electron chi connectivity index (χ3n) is 2.64. The lowest BCUT2D eigenvalue weighted by Crippen LogP contribution is -2.22. The van der Waals surface area contributed by atoms with Gasteiger partial charge in [-0.05, 0) is 6.92 Å². The van der Waals surface area contributed by atoms with Gasteiger partial charge in [0.05, 0.1) is 6.61 Å². The summed E-state index contributed by atoms with van der Waals surface area (Å²) in [6, 6.07) is 6.67. The summed E-state index contributed by atoms with van der Waals surface area (Å²) in [5.74, 6) is -0.417. The molecule has 3 heteroatoms. The normalized spacial score (nSPS) is 15.6. The average molecular weight is 202 g/mol. The highest BCUT2D eigenvalue weighted by Crippen LogP contribution is 2.25. The SMILES string of the molecule is CC1=C(CO)C(=O)c2ccccc2C1=O. The third kappa shape index (κ3) is 1.32. The molecule has 0 bridgehead atoms. The van der Waals surface area contributed by atoms with E-state index >= 15 is 0 Å². The first kappa shape index (κ1) is 9.80. The Labute approximate surface area is 87.0 Å². The topological polar surface area (TPSA) is 54.4 Å². The number of benzene rings is 1. The number of aliphatic hydroxyl groups excluding tert-OH is 1. The van der Waals surface area contributed by atoms with Gasteiger partial charge in [0.2, 0.25) is 0 Å². The van der Waals surface area contributed by atoms with Crippen LogP contribution in [0.25, 0.3) is 0 Å². The van der Waals surface area contributed by atoms with Gasteiger partial charge in [0, 0.05) is 22.3 Å². The monoisotopic (exact) mass is 202 g/mol. The summed E-state index contributed by atoms with van der Waals surface area (Å²) in [4.78, 5) is 23.6. The number of carbonyl (C=O) groups excluding carboxylic acids is 2. The Morgan fingerprint density at radius 3 is 2.13 bits per heavy atom. The number of hydrogen-bond donors (Lipinski definition) is 1. The Bertz CT molecular complexity index is 483. The summed E-state index contributed by atoms with van der Waals surface area (Å²) in [6.45, 7) is 1.19. The molecule has 1 aromatic rings. The molecular weight excluding hydrogens is 192 g/mol. The Morgan fingerprint density at radius 2 is 1.60 bits per heavy atom. The molecule has 0 spiro atoms. The molecule has 0 radical (unpaired) electrons. The Morgan fingerprint density at radius 1 is 1.07 bits per heavy atom. The van der Waals surface area contributed by atoms with Gasteiger partial charge >= 0.3 is 0 Å². The summed E-state index contributed by atoms with van der Waals surface area (Å²) in [6.07, 6.45) is 0. The van der Waals surface area contributed by atoms with Gasteiger partial charge in [-0.3, -0.25) is 9.59 Å². The minimum Gasteiger partial charge on any atom is -0.392 e. The molecule has 15 heavy (non-hydrogen) atoms. The zero-order valence-corrected chi connectivity index (χ0v) is 8.28. The van der Waals surface area contributed by atoms with Crippen LogP contribution < -0.4 is 0 Å². The first-order chi connectivity index (χ1) is 7.16. The van der Waals surface area contributed by atoms with Crippen molar-refractivity contribution in [2.75, 3.05) is 6.61 Å². The van der Waals surface area contributed by atoms with Crippen LogP contribution >= 0.6 is 0 Å². The predicted molar refractivity (Wildman–Crippen MR) is 54.9 cm³/mol. The molecule has 0 saturated carbocycles. The van der Waals surface area contributed by atoms with Crippen molar-refractivity contribution in [3.63, 3.8) is 0 Å².